The van der Waals surface area contributed by atoms with Crippen LogP contribution in [0, 0.1) is 0 Å². The summed E-state index contributed by atoms with van der Waals surface area (Å²) in [6.07, 6.45) is -3.38. The van der Waals surface area contributed by atoms with Gasteiger partial charge in [-0.3, -0.25) is 0 Å². The lowest BCUT2D eigenvalue weighted by molar-refractivity contribution is -0.138. The van der Waals surface area contributed by atoms with Gasteiger partial charge in [-0.1, -0.05) is 12.1 Å². The summed E-state index contributed by atoms with van der Waals surface area (Å²) < 4.78 is 43.1. The number of alkyl halides is 3. The van der Waals surface area contributed by atoms with Gasteiger partial charge in [-0.15, -0.1) is 0 Å². The van der Waals surface area contributed by atoms with E-state index in [2.05, 4.69) is 9.97 Å². The van der Waals surface area contributed by atoms with Gasteiger partial charge in [-0.2, -0.15) is 13.2 Å². The summed E-state index contributed by atoms with van der Waals surface area (Å²) in [5.74, 6) is -0.258. The Kier molecular flexibility index (Phi) is 3.05. The van der Waals surface area contributed by atoms with Crippen molar-refractivity contribution in [1.82, 2.24) is 9.97 Å². The Hall–Kier alpha value is -2.31. The Morgan fingerprint density at radius 3 is 2.50 bits per heavy atom. The van der Waals surface area contributed by atoms with E-state index in [-0.39, 0.29) is 17.4 Å². The van der Waals surface area contributed by atoms with Crippen LogP contribution in [0.15, 0.2) is 36.7 Å². The molecule has 2 aromatic rings. The van der Waals surface area contributed by atoms with Gasteiger partial charge >= 0.3 is 6.18 Å². The van der Waals surface area contributed by atoms with Gasteiger partial charge in [-0.25, -0.2) is 9.97 Å². The van der Waals surface area contributed by atoms with Crippen LogP contribution in [0.2, 0.25) is 0 Å². The zero-order valence-electron chi connectivity index (χ0n) is 8.98. The zero-order chi connectivity index (χ0) is 13.2. The standard InChI is InChI=1S/C11H8F3N3O/c12-11(13,14)7-3-1-2-4-8(7)18-10-5-9(15)16-6-17-10/h1-6H,(H2,15,16,17). The fraction of sp³-hybridized carbons (Fsp3) is 0.0909. The highest BCUT2D eigenvalue weighted by Gasteiger charge is 2.34. The minimum atomic E-state index is -4.49. The van der Waals surface area contributed by atoms with Gasteiger partial charge in [0.1, 0.15) is 17.9 Å². The van der Waals surface area contributed by atoms with Gasteiger partial charge < -0.3 is 10.5 Å². The van der Waals surface area contributed by atoms with E-state index in [0.717, 1.165) is 12.4 Å². The molecule has 0 saturated heterocycles. The van der Waals surface area contributed by atoms with Crippen molar-refractivity contribution in [2.75, 3.05) is 5.73 Å². The van der Waals surface area contributed by atoms with E-state index in [9.17, 15) is 13.2 Å². The van der Waals surface area contributed by atoms with Crippen LogP contribution in [-0.2, 0) is 6.18 Å². The predicted molar refractivity (Wildman–Crippen MR) is 58.0 cm³/mol. The van der Waals surface area contributed by atoms with Crippen LogP contribution >= 0.6 is 0 Å². The lowest BCUT2D eigenvalue weighted by Gasteiger charge is -2.12. The number of nitrogens with zero attached hydrogens (tertiary/aromatic N) is 2. The molecule has 2 N–H and O–H groups in total. The molecule has 18 heavy (non-hydrogen) atoms. The first kappa shape index (κ1) is 12.2. The lowest BCUT2D eigenvalue weighted by Crippen LogP contribution is -2.07. The molecule has 94 valence electrons. The van der Waals surface area contributed by atoms with E-state index in [1.807, 2.05) is 0 Å². The number of benzene rings is 1. The second-order valence-corrected chi connectivity index (χ2v) is 3.38. The van der Waals surface area contributed by atoms with Crippen molar-refractivity contribution in [2.45, 2.75) is 6.18 Å². The summed E-state index contributed by atoms with van der Waals surface area (Å²) in [6.45, 7) is 0. The highest BCUT2D eigenvalue weighted by Crippen LogP contribution is 2.37. The zero-order valence-corrected chi connectivity index (χ0v) is 8.98. The molecule has 0 aliphatic rings. The molecule has 0 bridgehead atoms. The molecule has 0 spiro atoms. The van der Waals surface area contributed by atoms with Gasteiger partial charge in [0.2, 0.25) is 5.88 Å². The Balaban J connectivity index is 2.35. The highest BCUT2D eigenvalue weighted by molar-refractivity contribution is 5.39. The second-order valence-electron chi connectivity index (χ2n) is 3.38. The number of halogens is 3. The molecule has 0 aliphatic heterocycles. The number of para-hydroxylation sites is 1. The number of nitrogen functional groups attached to an aromatic ring is 1. The van der Waals surface area contributed by atoms with E-state index in [0.29, 0.717) is 0 Å². The topological polar surface area (TPSA) is 61.0 Å². The monoisotopic (exact) mass is 255 g/mol. The quantitative estimate of drug-likeness (QED) is 0.896. The molecular weight excluding hydrogens is 247 g/mol. The van der Waals surface area contributed by atoms with Crippen LogP contribution in [0.25, 0.3) is 0 Å². The normalized spacial score (nSPS) is 11.3. The molecule has 1 heterocycles. The average molecular weight is 255 g/mol. The molecule has 2 rings (SSSR count). The Labute approximate surface area is 100 Å². The molecule has 1 aromatic heterocycles. The number of rotatable bonds is 2. The molecule has 0 atom stereocenters. The minimum Gasteiger partial charge on any atom is -0.438 e. The van der Waals surface area contributed by atoms with Gasteiger partial charge in [0.15, 0.2) is 0 Å². The van der Waals surface area contributed by atoms with Crippen LogP contribution in [0.3, 0.4) is 0 Å². The fourth-order valence-electron chi connectivity index (χ4n) is 1.31. The van der Waals surface area contributed by atoms with Crippen molar-refractivity contribution >= 4 is 5.82 Å². The number of nitrogens with two attached hydrogens (primary N) is 1. The fourth-order valence-corrected chi connectivity index (χ4v) is 1.31. The molecule has 0 aliphatic carbocycles. The maximum Gasteiger partial charge on any atom is 0.419 e. The van der Waals surface area contributed by atoms with Crippen LogP contribution in [0.5, 0.6) is 11.6 Å². The van der Waals surface area contributed by atoms with E-state index >= 15 is 0 Å². The summed E-state index contributed by atoms with van der Waals surface area (Å²) in [6, 6.07) is 6.10. The molecule has 0 saturated carbocycles. The first-order chi connectivity index (χ1) is 8.47. The van der Waals surface area contributed by atoms with Gasteiger partial charge in [0.05, 0.1) is 5.56 Å². The number of aromatic nitrogens is 2. The van der Waals surface area contributed by atoms with Crippen molar-refractivity contribution in [3.8, 4) is 11.6 Å². The van der Waals surface area contributed by atoms with Crippen LogP contribution in [-0.4, -0.2) is 9.97 Å². The van der Waals surface area contributed by atoms with Crippen molar-refractivity contribution in [3.63, 3.8) is 0 Å². The van der Waals surface area contributed by atoms with E-state index in [1.54, 1.807) is 0 Å². The average Bonchev–Trinajstić information content (AvgIpc) is 2.28. The third-order valence-electron chi connectivity index (χ3n) is 2.07. The summed E-state index contributed by atoms with van der Waals surface area (Å²) >= 11 is 0. The van der Waals surface area contributed by atoms with Crippen LogP contribution < -0.4 is 10.5 Å². The summed E-state index contributed by atoms with van der Waals surface area (Å²) in [5.41, 5.74) is 4.51. The largest absolute Gasteiger partial charge is 0.438 e. The number of hydrogen-bond acceptors (Lipinski definition) is 4. The van der Waals surface area contributed by atoms with Crippen molar-refractivity contribution < 1.29 is 17.9 Å². The SMILES string of the molecule is Nc1cc(Oc2ccccc2C(F)(F)F)ncn1. The highest BCUT2D eigenvalue weighted by atomic mass is 19.4. The maximum absolute atomic E-state index is 12.7. The molecule has 1 aromatic carbocycles. The third kappa shape index (κ3) is 2.68. The maximum atomic E-state index is 12.7. The number of hydrogen-bond donors (Lipinski definition) is 1. The summed E-state index contributed by atoms with van der Waals surface area (Å²) in [4.78, 5) is 7.29. The van der Waals surface area contributed by atoms with Gasteiger partial charge in [0.25, 0.3) is 0 Å². The molecule has 0 unspecified atom stereocenters. The number of ether oxygens (including phenoxy) is 1. The van der Waals surface area contributed by atoms with Gasteiger partial charge in [0, 0.05) is 6.07 Å². The van der Waals surface area contributed by atoms with Gasteiger partial charge in [-0.05, 0) is 12.1 Å². The van der Waals surface area contributed by atoms with Crippen LogP contribution in [0.4, 0.5) is 19.0 Å². The molecular formula is C11H8F3N3O. The van der Waals surface area contributed by atoms with Crippen molar-refractivity contribution in [2.24, 2.45) is 0 Å². The molecule has 4 nitrogen and oxygen atoms in total. The smallest absolute Gasteiger partial charge is 0.419 e. The Morgan fingerprint density at radius 1 is 1.11 bits per heavy atom. The minimum absolute atomic E-state index is 0.0424. The number of anilines is 1. The second kappa shape index (κ2) is 4.52. The van der Waals surface area contributed by atoms with E-state index in [4.69, 9.17) is 10.5 Å². The Morgan fingerprint density at radius 2 is 1.83 bits per heavy atom. The van der Waals surface area contributed by atoms with E-state index in [1.165, 1.54) is 24.3 Å². The van der Waals surface area contributed by atoms with Crippen molar-refractivity contribution in [3.05, 3.63) is 42.2 Å². The molecule has 0 fully saturated rings. The Bertz CT molecular complexity index is 557. The lowest BCUT2D eigenvalue weighted by atomic mass is 10.2. The van der Waals surface area contributed by atoms with E-state index < -0.39 is 11.7 Å². The predicted octanol–water partition coefficient (Wildman–Crippen LogP) is 2.87. The summed E-state index contributed by atoms with van der Waals surface area (Å²) in [7, 11) is 0. The molecule has 0 amide bonds. The first-order valence-electron chi connectivity index (χ1n) is 4.88. The molecule has 7 heteroatoms. The van der Waals surface area contributed by atoms with Crippen molar-refractivity contribution in [1.29, 1.82) is 0 Å². The first-order valence-corrected chi connectivity index (χ1v) is 4.88. The molecule has 0 radical (unpaired) electrons. The van der Waals surface area contributed by atoms with Crippen LogP contribution in [0.1, 0.15) is 5.56 Å². The summed E-state index contributed by atoms with van der Waals surface area (Å²) in [5, 5.41) is 0. The third-order valence-corrected chi connectivity index (χ3v) is 2.07.